The molecule has 0 aliphatic rings. The van der Waals surface area contributed by atoms with Crippen LogP contribution in [-0.2, 0) is 0 Å². The van der Waals surface area contributed by atoms with Crippen LogP contribution >= 0.6 is 0 Å². The highest BCUT2D eigenvalue weighted by Gasteiger charge is 2.09. The maximum Gasteiger partial charge on any atom is 0.338 e. The lowest BCUT2D eigenvalue weighted by molar-refractivity contribution is 0.0695. The normalized spacial score (nSPS) is 11.1. The first kappa shape index (κ1) is 9.64. The zero-order chi connectivity index (χ0) is 11.0. The fourth-order valence-electron chi connectivity index (χ4n) is 1.29. The summed E-state index contributed by atoms with van der Waals surface area (Å²) in [5.41, 5.74) is 1.72. The molecule has 0 radical (unpaired) electrons. The van der Waals surface area contributed by atoms with Gasteiger partial charge in [-0.1, -0.05) is 13.8 Å². The molecule has 0 fully saturated rings. The maximum absolute atomic E-state index is 10.7. The summed E-state index contributed by atoms with van der Waals surface area (Å²) < 4.78 is 1.50. The molecule has 0 aliphatic heterocycles. The minimum Gasteiger partial charge on any atom is -0.478 e. The van der Waals surface area contributed by atoms with E-state index in [2.05, 4.69) is 10.1 Å². The minimum atomic E-state index is -0.994. The predicted molar refractivity (Wildman–Crippen MR) is 54.0 cm³/mol. The summed E-state index contributed by atoms with van der Waals surface area (Å²) in [7, 11) is 0. The number of hydrogen-bond acceptors (Lipinski definition) is 3. The highest BCUT2D eigenvalue weighted by molar-refractivity contribution is 5.87. The molecule has 0 amide bonds. The summed E-state index contributed by atoms with van der Waals surface area (Å²) in [6.45, 7) is 4.06. The molecule has 5 nitrogen and oxygen atoms in total. The molecule has 0 saturated heterocycles. The topological polar surface area (TPSA) is 67.5 Å². The number of rotatable bonds is 2. The third kappa shape index (κ3) is 1.68. The Bertz CT molecular complexity index is 516. The predicted octanol–water partition coefficient (Wildman–Crippen LogP) is 1.55. The van der Waals surface area contributed by atoms with Crippen LogP contribution in [0.5, 0.6) is 0 Å². The number of carboxylic acids is 1. The van der Waals surface area contributed by atoms with E-state index in [1.54, 1.807) is 0 Å². The first-order valence-corrected chi connectivity index (χ1v) is 4.66. The molecule has 5 heteroatoms. The van der Waals surface area contributed by atoms with Crippen LogP contribution in [0.25, 0.3) is 5.65 Å². The van der Waals surface area contributed by atoms with Gasteiger partial charge in [0.25, 0.3) is 0 Å². The number of aromatic nitrogens is 3. The van der Waals surface area contributed by atoms with Crippen LogP contribution in [-0.4, -0.2) is 25.7 Å². The minimum absolute atomic E-state index is 0.140. The van der Waals surface area contributed by atoms with Gasteiger partial charge in [0.15, 0.2) is 5.65 Å². The van der Waals surface area contributed by atoms with Crippen molar-refractivity contribution in [3.8, 4) is 0 Å². The van der Waals surface area contributed by atoms with E-state index in [-0.39, 0.29) is 5.56 Å². The van der Waals surface area contributed by atoms with E-state index in [9.17, 15) is 4.79 Å². The third-order valence-electron chi connectivity index (χ3n) is 2.17. The fraction of sp³-hybridized carbons (Fsp3) is 0.300. The largest absolute Gasteiger partial charge is 0.478 e. The standard InChI is InChI=1S/C10H11N3O2/c1-6(2)8-3-9-11-4-7(10(14)15)5-13(9)12-8/h3-6H,1-2H3,(H,14,15). The number of carbonyl (C=O) groups is 1. The first-order chi connectivity index (χ1) is 7.08. The summed E-state index contributed by atoms with van der Waals surface area (Å²) in [5, 5.41) is 13.0. The highest BCUT2D eigenvalue weighted by atomic mass is 16.4. The SMILES string of the molecule is CC(C)c1cc2ncc(C(=O)O)cn2n1. The van der Waals surface area contributed by atoms with Gasteiger partial charge in [-0.15, -0.1) is 0 Å². The lowest BCUT2D eigenvalue weighted by atomic mass is 10.1. The molecule has 2 rings (SSSR count). The van der Waals surface area contributed by atoms with Gasteiger partial charge >= 0.3 is 5.97 Å². The van der Waals surface area contributed by atoms with Crippen LogP contribution in [0.3, 0.4) is 0 Å². The quantitative estimate of drug-likeness (QED) is 0.807. The summed E-state index contributed by atoms with van der Waals surface area (Å²) in [6, 6.07) is 1.86. The molecule has 2 heterocycles. The van der Waals surface area contributed by atoms with E-state index in [4.69, 9.17) is 5.11 Å². The van der Waals surface area contributed by atoms with E-state index in [1.807, 2.05) is 19.9 Å². The smallest absolute Gasteiger partial charge is 0.338 e. The van der Waals surface area contributed by atoms with Gasteiger partial charge in [-0.3, -0.25) is 0 Å². The van der Waals surface area contributed by atoms with Gasteiger partial charge in [0.05, 0.1) is 11.3 Å². The monoisotopic (exact) mass is 205 g/mol. The molecule has 0 aromatic carbocycles. The van der Waals surface area contributed by atoms with Gasteiger partial charge in [-0.05, 0) is 5.92 Å². The molecule has 1 N–H and O–H groups in total. The van der Waals surface area contributed by atoms with Crippen molar-refractivity contribution in [1.29, 1.82) is 0 Å². The number of nitrogens with zero attached hydrogens (tertiary/aromatic N) is 3. The lowest BCUT2D eigenvalue weighted by Crippen LogP contribution is -2.01. The van der Waals surface area contributed by atoms with E-state index >= 15 is 0 Å². The van der Waals surface area contributed by atoms with Gasteiger partial charge in [-0.25, -0.2) is 14.3 Å². The van der Waals surface area contributed by atoms with Crippen LogP contribution in [0.1, 0.15) is 35.8 Å². The second-order valence-electron chi connectivity index (χ2n) is 3.67. The second-order valence-corrected chi connectivity index (χ2v) is 3.67. The zero-order valence-electron chi connectivity index (χ0n) is 8.51. The van der Waals surface area contributed by atoms with Crippen molar-refractivity contribution < 1.29 is 9.90 Å². The molecule has 0 aliphatic carbocycles. The second kappa shape index (κ2) is 3.34. The van der Waals surface area contributed by atoms with Crippen LogP contribution in [0.15, 0.2) is 18.5 Å². The van der Waals surface area contributed by atoms with Crippen molar-refractivity contribution in [2.75, 3.05) is 0 Å². The number of hydrogen-bond donors (Lipinski definition) is 1. The average Bonchev–Trinajstić information content (AvgIpc) is 2.59. The molecule has 2 aromatic rings. The van der Waals surface area contributed by atoms with Gasteiger partial charge in [0.2, 0.25) is 0 Å². The number of aromatic carboxylic acids is 1. The Morgan fingerprint density at radius 3 is 2.87 bits per heavy atom. The molecule has 0 unspecified atom stereocenters. The summed E-state index contributed by atoms with van der Waals surface area (Å²) in [6.07, 6.45) is 2.81. The van der Waals surface area contributed by atoms with E-state index in [0.29, 0.717) is 11.6 Å². The van der Waals surface area contributed by atoms with Gasteiger partial charge in [-0.2, -0.15) is 5.10 Å². The summed E-state index contributed by atoms with van der Waals surface area (Å²) >= 11 is 0. The van der Waals surface area contributed by atoms with Gasteiger partial charge < -0.3 is 5.11 Å². The molecule has 15 heavy (non-hydrogen) atoms. The number of carboxylic acid groups (broad SMARTS) is 1. The Morgan fingerprint density at radius 1 is 1.53 bits per heavy atom. The molecule has 78 valence electrons. The third-order valence-corrected chi connectivity index (χ3v) is 2.17. The van der Waals surface area contributed by atoms with Crippen molar-refractivity contribution in [1.82, 2.24) is 14.6 Å². The Labute approximate surface area is 86.4 Å². The molecule has 0 spiro atoms. The lowest BCUT2D eigenvalue weighted by Gasteiger charge is -1.96. The van der Waals surface area contributed by atoms with Gasteiger partial charge in [0, 0.05) is 18.5 Å². The number of fused-ring (bicyclic) bond motifs is 1. The molecular formula is C10H11N3O2. The van der Waals surface area contributed by atoms with E-state index in [1.165, 1.54) is 16.9 Å². The van der Waals surface area contributed by atoms with E-state index < -0.39 is 5.97 Å². The average molecular weight is 205 g/mol. The van der Waals surface area contributed by atoms with Crippen molar-refractivity contribution in [3.05, 3.63) is 29.7 Å². The van der Waals surface area contributed by atoms with E-state index in [0.717, 1.165) is 5.69 Å². The Kier molecular flexibility index (Phi) is 2.15. The summed E-state index contributed by atoms with van der Waals surface area (Å²) in [4.78, 5) is 14.7. The molecule has 2 aromatic heterocycles. The van der Waals surface area contributed by atoms with Crippen LogP contribution in [0.4, 0.5) is 0 Å². The van der Waals surface area contributed by atoms with Crippen LogP contribution < -0.4 is 0 Å². The van der Waals surface area contributed by atoms with Crippen LogP contribution in [0.2, 0.25) is 0 Å². The van der Waals surface area contributed by atoms with Crippen molar-refractivity contribution in [3.63, 3.8) is 0 Å². The summed E-state index contributed by atoms with van der Waals surface area (Å²) in [5.74, 6) is -0.689. The molecular weight excluding hydrogens is 194 g/mol. The first-order valence-electron chi connectivity index (χ1n) is 4.66. The van der Waals surface area contributed by atoms with Crippen LogP contribution in [0, 0.1) is 0 Å². The Morgan fingerprint density at radius 2 is 2.27 bits per heavy atom. The highest BCUT2D eigenvalue weighted by Crippen LogP contribution is 2.14. The maximum atomic E-state index is 10.7. The molecule has 0 bridgehead atoms. The van der Waals surface area contributed by atoms with Crippen molar-refractivity contribution in [2.45, 2.75) is 19.8 Å². The zero-order valence-corrected chi connectivity index (χ0v) is 8.51. The molecule has 0 saturated carbocycles. The Balaban J connectivity index is 2.57. The van der Waals surface area contributed by atoms with Gasteiger partial charge in [0.1, 0.15) is 0 Å². The van der Waals surface area contributed by atoms with Crippen molar-refractivity contribution in [2.24, 2.45) is 0 Å². The Hall–Kier alpha value is -1.91. The fourth-order valence-corrected chi connectivity index (χ4v) is 1.29. The molecule has 0 atom stereocenters. The van der Waals surface area contributed by atoms with Crippen molar-refractivity contribution >= 4 is 11.6 Å².